The zero-order valence-corrected chi connectivity index (χ0v) is 19.2. The van der Waals surface area contributed by atoms with E-state index in [1.807, 2.05) is 25.1 Å². The van der Waals surface area contributed by atoms with Crippen LogP contribution in [0.5, 0.6) is 0 Å². The largest absolute Gasteiger partial charge is 0.355 e. The number of carbonyl (C=O) groups is 1. The molecule has 1 fully saturated rings. The molecule has 1 aromatic carbocycles. The molecule has 1 saturated carbocycles. The maximum Gasteiger partial charge on any atom is 0.219 e. The van der Waals surface area contributed by atoms with Crippen LogP contribution in [-0.4, -0.2) is 55.2 Å². The number of halogens is 1. The molecule has 0 bridgehead atoms. The molecule has 0 spiro atoms. The van der Waals surface area contributed by atoms with Crippen LogP contribution in [0.4, 0.5) is 5.82 Å². The minimum Gasteiger partial charge on any atom is -0.355 e. The number of carbonyl (C=O) groups excluding carboxylic acids is 1. The number of hydrogen-bond acceptors (Lipinski definition) is 5. The summed E-state index contributed by atoms with van der Waals surface area (Å²) >= 11 is 6.04. The first-order valence-electron chi connectivity index (χ1n) is 11.3. The molecule has 1 aliphatic rings. The number of hydrogen-bond donors (Lipinski definition) is 1. The maximum atomic E-state index is 11.6. The molecule has 0 radical (unpaired) electrons. The lowest BCUT2D eigenvalue weighted by atomic mass is 9.84. The van der Waals surface area contributed by atoms with E-state index in [0.29, 0.717) is 17.5 Å². The van der Waals surface area contributed by atoms with Crippen LogP contribution in [0.2, 0.25) is 5.02 Å². The van der Waals surface area contributed by atoms with E-state index in [-0.39, 0.29) is 5.91 Å². The third-order valence-corrected chi connectivity index (χ3v) is 6.60. The van der Waals surface area contributed by atoms with E-state index < -0.39 is 0 Å². The van der Waals surface area contributed by atoms with E-state index in [4.69, 9.17) is 16.1 Å². The van der Waals surface area contributed by atoms with Crippen molar-refractivity contribution in [2.75, 3.05) is 38.1 Å². The molecule has 166 valence electrons. The molecule has 1 amide bonds. The van der Waals surface area contributed by atoms with Crippen LogP contribution in [0.1, 0.15) is 52.4 Å². The summed E-state index contributed by atoms with van der Waals surface area (Å²) < 4.78 is 5.43. The Morgan fingerprint density at radius 3 is 2.67 bits per heavy atom. The third kappa shape index (κ3) is 6.11. The summed E-state index contributed by atoms with van der Waals surface area (Å²) in [6.45, 7) is 8.20. The van der Waals surface area contributed by atoms with Gasteiger partial charge in [0, 0.05) is 43.7 Å². The first-order valence-corrected chi connectivity index (χ1v) is 11.7. The summed E-state index contributed by atoms with van der Waals surface area (Å²) in [5.41, 5.74) is 0.724. The fourth-order valence-electron chi connectivity index (χ4n) is 4.29. The minimum atomic E-state index is 0.183. The first kappa shape index (κ1) is 22.9. The SMILES string of the molecule is CCC(=O)NC1CCC(CCN(CC)CCN(C)c2noc3cc(Cl)ccc23)CC1. The van der Waals surface area contributed by atoms with Gasteiger partial charge in [0.15, 0.2) is 11.4 Å². The van der Waals surface area contributed by atoms with Crippen molar-refractivity contribution in [2.45, 2.75) is 58.4 Å². The van der Waals surface area contributed by atoms with E-state index in [1.165, 1.54) is 19.3 Å². The Hall–Kier alpha value is -1.79. The van der Waals surface area contributed by atoms with Crippen LogP contribution in [0, 0.1) is 5.92 Å². The van der Waals surface area contributed by atoms with E-state index in [1.54, 1.807) is 0 Å². The van der Waals surface area contributed by atoms with Gasteiger partial charge in [-0.1, -0.05) is 30.6 Å². The number of likely N-dealkylation sites (N-methyl/N-ethyl adjacent to an activating group) is 2. The van der Waals surface area contributed by atoms with Crippen molar-refractivity contribution in [1.29, 1.82) is 0 Å². The van der Waals surface area contributed by atoms with Crippen molar-refractivity contribution in [3.05, 3.63) is 23.2 Å². The molecule has 6 nitrogen and oxygen atoms in total. The number of nitrogens with one attached hydrogen (secondary N) is 1. The summed E-state index contributed by atoms with van der Waals surface area (Å²) in [5.74, 6) is 1.82. The first-order chi connectivity index (χ1) is 14.5. The smallest absolute Gasteiger partial charge is 0.219 e. The standard InChI is InChI=1S/C23H35ClN4O2/c1-4-22(29)25-19-9-6-17(7-10-19)12-13-28(5-2)15-14-27(3)23-20-11-8-18(24)16-21(20)30-26-23/h8,11,16-17,19H,4-7,9-10,12-15H2,1-3H3,(H,25,29). The molecule has 7 heteroatoms. The Balaban J connectivity index is 1.42. The van der Waals surface area contributed by atoms with Gasteiger partial charge in [0.2, 0.25) is 5.91 Å². The Morgan fingerprint density at radius 1 is 1.20 bits per heavy atom. The van der Waals surface area contributed by atoms with Gasteiger partial charge in [-0.15, -0.1) is 0 Å². The number of rotatable bonds is 10. The fraction of sp³-hybridized carbons (Fsp3) is 0.652. The highest BCUT2D eigenvalue weighted by Crippen LogP contribution is 2.28. The Kier molecular flexibility index (Phi) is 8.40. The van der Waals surface area contributed by atoms with Gasteiger partial charge in [0.1, 0.15) is 0 Å². The van der Waals surface area contributed by atoms with Crippen molar-refractivity contribution in [3.63, 3.8) is 0 Å². The van der Waals surface area contributed by atoms with Gasteiger partial charge >= 0.3 is 0 Å². The maximum absolute atomic E-state index is 11.6. The second-order valence-electron chi connectivity index (χ2n) is 8.43. The lowest BCUT2D eigenvalue weighted by Gasteiger charge is -2.31. The zero-order valence-electron chi connectivity index (χ0n) is 18.5. The summed E-state index contributed by atoms with van der Waals surface area (Å²) in [6.07, 6.45) is 6.50. The normalized spacial score (nSPS) is 19.4. The molecule has 1 N–H and O–H groups in total. The minimum absolute atomic E-state index is 0.183. The van der Waals surface area contributed by atoms with Gasteiger partial charge in [0.25, 0.3) is 0 Å². The molecular formula is C23H35ClN4O2. The monoisotopic (exact) mass is 434 g/mol. The van der Waals surface area contributed by atoms with E-state index in [0.717, 1.165) is 61.7 Å². The topological polar surface area (TPSA) is 61.6 Å². The average molecular weight is 435 g/mol. The number of anilines is 1. The molecule has 1 aliphatic carbocycles. The predicted octanol–water partition coefficient (Wildman–Crippen LogP) is 4.71. The van der Waals surface area contributed by atoms with Crippen LogP contribution >= 0.6 is 11.6 Å². The van der Waals surface area contributed by atoms with Crippen molar-refractivity contribution in [2.24, 2.45) is 5.92 Å². The zero-order chi connectivity index (χ0) is 21.5. The molecule has 3 rings (SSSR count). The Labute approximate surface area is 184 Å². The number of benzene rings is 1. The molecule has 0 unspecified atom stereocenters. The van der Waals surface area contributed by atoms with Gasteiger partial charge in [-0.3, -0.25) is 4.79 Å². The van der Waals surface area contributed by atoms with Crippen molar-refractivity contribution in [3.8, 4) is 0 Å². The van der Waals surface area contributed by atoms with Crippen LogP contribution in [0.3, 0.4) is 0 Å². The second kappa shape index (κ2) is 11.0. The molecule has 1 aromatic heterocycles. The highest BCUT2D eigenvalue weighted by molar-refractivity contribution is 6.31. The fourth-order valence-corrected chi connectivity index (χ4v) is 4.45. The average Bonchev–Trinajstić information content (AvgIpc) is 3.17. The molecular weight excluding hydrogens is 400 g/mol. The lowest BCUT2D eigenvalue weighted by Crippen LogP contribution is -2.38. The summed E-state index contributed by atoms with van der Waals surface area (Å²) in [5, 5.41) is 9.04. The lowest BCUT2D eigenvalue weighted by molar-refractivity contribution is -0.121. The third-order valence-electron chi connectivity index (χ3n) is 6.36. The highest BCUT2D eigenvalue weighted by Gasteiger charge is 2.22. The molecule has 0 saturated heterocycles. The molecule has 0 atom stereocenters. The quantitative estimate of drug-likeness (QED) is 0.586. The summed E-state index contributed by atoms with van der Waals surface area (Å²) in [6, 6.07) is 6.04. The van der Waals surface area contributed by atoms with Gasteiger partial charge < -0.3 is 19.6 Å². The van der Waals surface area contributed by atoms with Crippen molar-refractivity contribution in [1.82, 2.24) is 15.4 Å². The van der Waals surface area contributed by atoms with Crippen LogP contribution < -0.4 is 10.2 Å². The number of amides is 1. The number of fused-ring (bicyclic) bond motifs is 1. The van der Waals surface area contributed by atoms with Crippen LogP contribution in [0.15, 0.2) is 22.7 Å². The Bertz CT molecular complexity index is 817. The van der Waals surface area contributed by atoms with E-state index in [9.17, 15) is 4.79 Å². The van der Waals surface area contributed by atoms with Crippen molar-refractivity contribution >= 4 is 34.3 Å². The van der Waals surface area contributed by atoms with Crippen LogP contribution in [0.25, 0.3) is 11.0 Å². The Morgan fingerprint density at radius 2 is 1.97 bits per heavy atom. The molecule has 30 heavy (non-hydrogen) atoms. The number of nitrogens with zero attached hydrogens (tertiary/aromatic N) is 3. The molecule has 2 aromatic rings. The summed E-state index contributed by atoms with van der Waals surface area (Å²) in [4.78, 5) is 16.2. The van der Waals surface area contributed by atoms with Gasteiger partial charge in [0.05, 0.1) is 5.39 Å². The molecule has 0 aliphatic heterocycles. The van der Waals surface area contributed by atoms with Gasteiger partial charge in [-0.05, 0) is 63.2 Å². The van der Waals surface area contributed by atoms with Gasteiger partial charge in [-0.2, -0.15) is 0 Å². The molecule has 1 heterocycles. The number of aromatic nitrogens is 1. The van der Waals surface area contributed by atoms with Gasteiger partial charge in [-0.25, -0.2) is 0 Å². The second-order valence-corrected chi connectivity index (χ2v) is 8.87. The predicted molar refractivity (Wildman–Crippen MR) is 123 cm³/mol. The summed E-state index contributed by atoms with van der Waals surface area (Å²) in [7, 11) is 2.06. The van der Waals surface area contributed by atoms with Crippen molar-refractivity contribution < 1.29 is 9.32 Å². The van der Waals surface area contributed by atoms with E-state index >= 15 is 0 Å². The highest BCUT2D eigenvalue weighted by atomic mass is 35.5. The van der Waals surface area contributed by atoms with E-state index in [2.05, 4.69) is 34.2 Å². The van der Waals surface area contributed by atoms with Crippen LogP contribution in [-0.2, 0) is 4.79 Å².